The molecule has 0 aromatic carbocycles. The Morgan fingerprint density at radius 1 is 1.50 bits per heavy atom. The van der Waals surface area contributed by atoms with Crippen LogP contribution < -0.4 is 5.73 Å². The van der Waals surface area contributed by atoms with Crippen LogP contribution in [0.1, 0.15) is 35.2 Å². The van der Waals surface area contributed by atoms with Crippen LogP contribution >= 0.6 is 0 Å². The number of hydrogen-bond acceptors (Lipinski definition) is 4. The van der Waals surface area contributed by atoms with Crippen molar-refractivity contribution in [3.05, 3.63) is 41.5 Å². The summed E-state index contributed by atoms with van der Waals surface area (Å²) in [5.74, 6) is -0.532. The van der Waals surface area contributed by atoms with Gasteiger partial charge in [-0.3, -0.25) is 19.5 Å². The van der Waals surface area contributed by atoms with Gasteiger partial charge in [-0.25, -0.2) is 0 Å². The molecule has 20 heavy (non-hydrogen) atoms. The fourth-order valence-electron chi connectivity index (χ4n) is 1.97. The number of nitrogens with zero attached hydrogens (tertiary/aromatic N) is 4. The molecule has 6 heteroatoms. The molecule has 0 aliphatic heterocycles. The molecule has 6 nitrogen and oxygen atoms in total. The molecule has 104 valence electrons. The number of carbonyl (C=O) groups is 1. The van der Waals surface area contributed by atoms with Gasteiger partial charge in [-0.05, 0) is 18.6 Å². The van der Waals surface area contributed by atoms with Crippen LogP contribution in [0.25, 0.3) is 0 Å². The molecule has 0 fully saturated rings. The Balaban J connectivity index is 2.43. The number of primary amides is 1. The Bertz CT molecular complexity index is 631. The van der Waals surface area contributed by atoms with Gasteiger partial charge in [0.1, 0.15) is 5.69 Å². The van der Waals surface area contributed by atoms with Crippen molar-refractivity contribution in [2.45, 2.75) is 19.8 Å². The summed E-state index contributed by atoms with van der Waals surface area (Å²) in [6.07, 6.45) is 4.96. The van der Waals surface area contributed by atoms with Gasteiger partial charge in [0, 0.05) is 13.2 Å². The SMILES string of the molecule is CCCc1nn(C)c(C(N)=O)c1N=Cc1ccccn1. The molecular formula is C14H17N5O. The molecule has 0 atom stereocenters. The first-order valence-electron chi connectivity index (χ1n) is 6.44. The van der Waals surface area contributed by atoms with E-state index in [0.717, 1.165) is 18.5 Å². The molecule has 0 bridgehead atoms. The van der Waals surface area contributed by atoms with Gasteiger partial charge < -0.3 is 5.73 Å². The minimum atomic E-state index is -0.532. The Hall–Kier alpha value is -2.50. The number of aryl methyl sites for hydroxylation is 2. The van der Waals surface area contributed by atoms with Crippen LogP contribution in [0.15, 0.2) is 29.4 Å². The van der Waals surface area contributed by atoms with Crippen LogP contribution in [0.3, 0.4) is 0 Å². The van der Waals surface area contributed by atoms with Crippen molar-refractivity contribution >= 4 is 17.8 Å². The molecule has 0 radical (unpaired) electrons. The zero-order valence-electron chi connectivity index (χ0n) is 11.6. The number of pyridine rings is 1. The van der Waals surface area contributed by atoms with Crippen molar-refractivity contribution in [3.63, 3.8) is 0 Å². The minimum absolute atomic E-state index is 0.320. The summed E-state index contributed by atoms with van der Waals surface area (Å²) in [5.41, 5.74) is 7.75. The zero-order chi connectivity index (χ0) is 14.5. The fourth-order valence-corrected chi connectivity index (χ4v) is 1.97. The quantitative estimate of drug-likeness (QED) is 0.838. The summed E-state index contributed by atoms with van der Waals surface area (Å²) in [5, 5.41) is 4.32. The van der Waals surface area contributed by atoms with Crippen molar-refractivity contribution in [3.8, 4) is 0 Å². The van der Waals surface area contributed by atoms with Crippen LogP contribution in [0.5, 0.6) is 0 Å². The highest BCUT2D eigenvalue weighted by atomic mass is 16.1. The lowest BCUT2D eigenvalue weighted by Crippen LogP contribution is -2.15. The van der Waals surface area contributed by atoms with Gasteiger partial charge in [-0.15, -0.1) is 0 Å². The lowest BCUT2D eigenvalue weighted by Gasteiger charge is -1.98. The van der Waals surface area contributed by atoms with E-state index in [4.69, 9.17) is 5.73 Å². The van der Waals surface area contributed by atoms with Crippen LogP contribution in [0.4, 0.5) is 5.69 Å². The second-order valence-corrected chi connectivity index (χ2v) is 4.39. The van der Waals surface area contributed by atoms with E-state index < -0.39 is 5.91 Å². The van der Waals surface area contributed by atoms with Crippen molar-refractivity contribution in [1.29, 1.82) is 0 Å². The number of carbonyl (C=O) groups excluding carboxylic acids is 1. The average molecular weight is 271 g/mol. The summed E-state index contributed by atoms with van der Waals surface area (Å²) in [4.78, 5) is 20.1. The number of aliphatic imine (C=N–C) groups is 1. The first kappa shape index (κ1) is 13.9. The van der Waals surface area contributed by atoms with E-state index in [2.05, 4.69) is 15.1 Å². The molecule has 0 aliphatic rings. The van der Waals surface area contributed by atoms with Crippen LogP contribution in [-0.2, 0) is 13.5 Å². The number of nitrogens with two attached hydrogens (primary N) is 1. The van der Waals surface area contributed by atoms with Crippen molar-refractivity contribution in [1.82, 2.24) is 14.8 Å². The average Bonchev–Trinajstić information content (AvgIpc) is 2.74. The molecule has 2 heterocycles. The van der Waals surface area contributed by atoms with Gasteiger partial charge in [0.25, 0.3) is 5.91 Å². The van der Waals surface area contributed by atoms with Crippen LogP contribution in [0, 0.1) is 0 Å². The number of rotatable bonds is 5. The lowest BCUT2D eigenvalue weighted by atomic mass is 10.2. The first-order valence-corrected chi connectivity index (χ1v) is 6.44. The molecule has 2 N–H and O–H groups in total. The maximum Gasteiger partial charge on any atom is 0.269 e. The van der Waals surface area contributed by atoms with Gasteiger partial charge >= 0.3 is 0 Å². The highest BCUT2D eigenvalue weighted by Crippen LogP contribution is 2.24. The second kappa shape index (κ2) is 6.10. The largest absolute Gasteiger partial charge is 0.364 e. The molecule has 1 amide bonds. The van der Waals surface area contributed by atoms with E-state index in [1.807, 2.05) is 25.1 Å². The van der Waals surface area contributed by atoms with E-state index in [9.17, 15) is 4.79 Å². The van der Waals surface area contributed by atoms with Gasteiger partial charge in [0.05, 0.1) is 17.6 Å². The summed E-state index contributed by atoms with van der Waals surface area (Å²) < 4.78 is 1.48. The minimum Gasteiger partial charge on any atom is -0.364 e. The molecule has 0 spiro atoms. The number of aromatic nitrogens is 3. The highest BCUT2D eigenvalue weighted by molar-refractivity contribution is 5.97. The number of amides is 1. The fraction of sp³-hybridized carbons (Fsp3) is 0.286. The molecule has 0 aliphatic carbocycles. The zero-order valence-corrected chi connectivity index (χ0v) is 11.6. The smallest absolute Gasteiger partial charge is 0.269 e. The Morgan fingerprint density at radius 2 is 2.30 bits per heavy atom. The van der Waals surface area contributed by atoms with Crippen molar-refractivity contribution < 1.29 is 4.79 Å². The van der Waals surface area contributed by atoms with Gasteiger partial charge in [0.2, 0.25) is 0 Å². The molecule has 0 unspecified atom stereocenters. The third-order valence-corrected chi connectivity index (χ3v) is 2.83. The van der Waals surface area contributed by atoms with E-state index in [-0.39, 0.29) is 0 Å². The topological polar surface area (TPSA) is 86.2 Å². The third kappa shape index (κ3) is 2.90. The molecular weight excluding hydrogens is 254 g/mol. The Kier molecular flexibility index (Phi) is 4.24. The number of hydrogen-bond donors (Lipinski definition) is 1. The monoisotopic (exact) mass is 271 g/mol. The third-order valence-electron chi connectivity index (χ3n) is 2.83. The standard InChI is InChI=1S/C14H17N5O/c1-3-6-11-12(13(14(15)20)19(2)18-11)17-9-10-7-4-5-8-16-10/h4-5,7-9H,3,6H2,1-2H3,(H2,15,20). The summed E-state index contributed by atoms with van der Waals surface area (Å²) in [6, 6.07) is 5.54. The van der Waals surface area contributed by atoms with Crippen LogP contribution in [-0.4, -0.2) is 26.9 Å². The molecule has 2 aromatic rings. The second-order valence-electron chi connectivity index (χ2n) is 4.39. The Morgan fingerprint density at radius 3 is 2.90 bits per heavy atom. The van der Waals surface area contributed by atoms with Crippen molar-refractivity contribution in [2.24, 2.45) is 17.8 Å². The molecule has 2 rings (SSSR count). The van der Waals surface area contributed by atoms with Gasteiger partial charge in [0.15, 0.2) is 5.69 Å². The normalized spacial score (nSPS) is 11.1. The predicted octanol–water partition coefficient (Wildman–Crippen LogP) is 1.62. The molecule has 0 saturated heterocycles. The molecule has 0 saturated carbocycles. The van der Waals surface area contributed by atoms with E-state index in [1.165, 1.54) is 4.68 Å². The van der Waals surface area contributed by atoms with Gasteiger partial charge in [-0.1, -0.05) is 19.4 Å². The molecule has 2 aromatic heterocycles. The summed E-state index contributed by atoms with van der Waals surface area (Å²) >= 11 is 0. The summed E-state index contributed by atoms with van der Waals surface area (Å²) in [7, 11) is 1.69. The van der Waals surface area contributed by atoms with E-state index in [1.54, 1.807) is 19.5 Å². The van der Waals surface area contributed by atoms with Gasteiger partial charge in [-0.2, -0.15) is 5.10 Å². The summed E-state index contributed by atoms with van der Waals surface area (Å²) in [6.45, 7) is 2.05. The maximum atomic E-state index is 11.5. The highest BCUT2D eigenvalue weighted by Gasteiger charge is 2.18. The predicted molar refractivity (Wildman–Crippen MR) is 77.2 cm³/mol. The van der Waals surface area contributed by atoms with E-state index >= 15 is 0 Å². The Labute approximate surface area is 117 Å². The first-order chi connectivity index (χ1) is 9.63. The van der Waals surface area contributed by atoms with E-state index in [0.29, 0.717) is 17.1 Å². The van der Waals surface area contributed by atoms with Crippen LogP contribution in [0.2, 0.25) is 0 Å². The van der Waals surface area contributed by atoms with Crippen molar-refractivity contribution in [2.75, 3.05) is 0 Å². The maximum absolute atomic E-state index is 11.5. The lowest BCUT2D eigenvalue weighted by molar-refractivity contribution is 0.0992.